The number of pyridine rings is 1. The van der Waals surface area contributed by atoms with Crippen molar-refractivity contribution >= 4 is 11.7 Å². The van der Waals surface area contributed by atoms with Gasteiger partial charge in [0.25, 0.3) is 0 Å². The van der Waals surface area contributed by atoms with Crippen LogP contribution in [0.1, 0.15) is 30.2 Å². The van der Waals surface area contributed by atoms with Crippen molar-refractivity contribution in [3.8, 4) is 0 Å². The van der Waals surface area contributed by atoms with Gasteiger partial charge >= 0.3 is 0 Å². The second-order valence-electron chi connectivity index (χ2n) is 5.87. The smallest absolute Gasteiger partial charge is 0.140 e. The molecule has 21 heavy (non-hydrogen) atoms. The lowest BCUT2D eigenvalue weighted by atomic mass is 10.1. The molecule has 0 bridgehead atoms. The minimum atomic E-state index is -0.212. The van der Waals surface area contributed by atoms with Crippen LogP contribution in [-0.4, -0.2) is 47.8 Å². The molecule has 6 nitrogen and oxygen atoms in total. The van der Waals surface area contributed by atoms with Crippen LogP contribution in [-0.2, 0) is 17.6 Å². The maximum atomic E-state index is 9.34. The van der Waals surface area contributed by atoms with Gasteiger partial charge in [0.15, 0.2) is 0 Å². The van der Waals surface area contributed by atoms with Crippen LogP contribution in [0.5, 0.6) is 0 Å². The summed E-state index contributed by atoms with van der Waals surface area (Å²) in [6, 6.07) is 2.17. The lowest BCUT2D eigenvalue weighted by Gasteiger charge is -2.39. The lowest BCUT2D eigenvalue weighted by molar-refractivity contribution is -0.0105. The van der Waals surface area contributed by atoms with Crippen molar-refractivity contribution in [3.63, 3.8) is 0 Å². The summed E-state index contributed by atoms with van der Waals surface area (Å²) in [4.78, 5) is 6.90. The first-order chi connectivity index (χ1) is 10.1. The van der Waals surface area contributed by atoms with Gasteiger partial charge in [0, 0.05) is 12.2 Å². The van der Waals surface area contributed by atoms with Gasteiger partial charge in [0.2, 0.25) is 0 Å². The second-order valence-corrected chi connectivity index (χ2v) is 5.87. The molecule has 1 fully saturated rings. The predicted molar refractivity (Wildman–Crippen MR) is 80.9 cm³/mol. The Kier molecular flexibility index (Phi) is 3.82. The van der Waals surface area contributed by atoms with Crippen LogP contribution >= 0.6 is 0 Å². The molecule has 0 amide bonds. The zero-order valence-corrected chi connectivity index (χ0v) is 12.3. The Bertz CT molecular complexity index is 561. The van der Waals surface area contributed by atoms with Gasteiger partial charge in [-0.3, -0.25) is 5.41 Å². The van der Waals surface area contributed by atoms with Gasteiger partial charge in [-0.2, -0.15) is 0 Å². The summed E-state index contributed by atoms with van der Waals surface area (Å²) in [7, 11) is 0. The molecule has 4 N–H and O–H groups in total. The number of anilines is 1. The SMILES string of the molecule is CC1COC(CO)CN1c1nc2c(cc1C(=N)N)CCC2. The van der Waals surface area contributed by atoms with Crippen molar-refractivity contribution in [2.45, 2.75) is 38.3 Å². The molecule has 0 aromatic carbocycles. The van der Waals surface area contributed by atoms with Crippen molar-refractivity contribution in [2.75, 3.05) is 24.7 Å². The summed E-state index contributed by atoms with van der Waals surface area (Å²) in [5, 5.41) is 17.2. The molecule has 1 aromatic heterocycles. The molecular weight excluding hydrogens is 268 g/mol. The Balaban J connectivity index is 2.01. The molecule has 2 aliphatic rings. The Hall–Kier alpha value is -1.66. The van der Waals surface area contributed by atoms with E-state index in [1.807, 2.05) is 6.07 Å². The van der Waals surface area contributed by atoms with Gasteiger partial charge in [-0.15, -0.1) is 0 Å². The molecule has 114 valence electrons. The average Bonchev–Trinajstić information content (AvgIpc) is 2.93. The largest absolute Gasteiger partial charge is 0.394 e. The van der Waals surface area contributed by atoms with Gasteiger partial charge in [0.05, 0.1) is 30.9 Å². The predicted octanol–water partition coefficient (Wildman–Crippen LogP) is 0.440. The number of aliphatic hydroxyl groups excluding tert-OH is 1. The maximum Gasteiger partial charge on any atom is 0.140 e. The quantitative estimate of drug-likeness (QED) is 0.554. The van der Waals surface area contributed by atoms with E-state index in [9.17, 15) is 5.11 Å². The highest BCUT2D eigenvalue weighted by atomic mass is 16.5. The number of aliphatic hydroxyl groups is 1. The normalized spacial score (nSPS) is 25.0. The Morgan fingerprint density at radius 1 is 1.57 bits per heavy atom. The van der Waals surface area contributed by atoms with Crippen LogP contribution < -0.4 is 10.6 Å². The van der Waals surface area contributed by atoms with E-state index in [4.69, 9.17) is 20.9 Å². The highest BCUT2D eigenvalue weighted by Crippen LogP contribution is 2.29. The maximum absolute atomic E-state index is 9.34. The number of aromatic nitrogens is 1. The summed E-state index contributed by atoms with van der Waals surface area (Å²) in [6.07, 6.45) is 2.90. The van der Waals surface area contributed by atoms with E-state index < -0.39 is 0 Å². The fourth-order valence-electron chi connectivity index (χ4n) is 3.10. The summed E-state index contributed by atoms with van der Waals surface area (Å²) in [6.45, 7) is 3.17. The number of rotatable bonds is 3. The van der Waals surface area contributed by atoms with Crippen LogP contribution in [0.3, 0.4) is 0 Å². The first-order valence-electron chi connectivity index (χ1n) is 7.46. The third-order valence-corrected chi connectivity index (χ3v) is 4.30. The third kappa shape index (κ3) is 2.61. The minimum Gasteiger partial charge on any atom is -0.394 e. The van der Waals surface area contributed by atoms with Gasteiger partial charge < -0.3 is 20.5 Å². The zero-order chi connectivity index (χ0) is 15.0. The van der Waals surface area contributed by atoms with Crippen LogP contribution in [0.15, 0.2) is 6.07 Å². The van der Waals surface area contributed by atoms with Crippen LogP contribution in [0, 0.1) is 5.41 Å². The minimum absolute atomic E-state index is 0.0104. The number of aryl methyl sites for hydroxylation is 2. The first-order valence-corrected chi connectivity index (χ1v) is 7.46. The van der Waals surface area contributed by atoms with Gasteiger partial charge in [-0.1, -0.05) is 0 Å². The van der Waals surface area contributed by atoms with E-state index in [0.717, 1.165) is 30.8 Å². The zero-order valence-electron chi connectivity index (χ0n) is 12.3. The number of amidine groups is 1. The van der Waals surface area contributed by atoms with Gasteiger partial charge in [0.1, 0.15) is 11.7 Å². The summed E-state index contributed by atoms with van der Waals surface area (Å²) >= 11 is 0. The first kappa shape index (κ1) is 14.3. The molecule has 3 rings (SSSR count). The van der Waals surface area contributed by atoms with E-state index in [1.54, 1.807) is 0 Å². The highest BCUT2D eigenvalue weighted by Gasteiger charge is 2.30. The molecule has 1 saturated heterocycles. The molecule has 0 saturated carbocycles. The Morgan fingerprint density at radius 3 is 3.10 bits per heavy atom. The molecule has 0 spiro atoms. The number of fused-ring (bicyclic) bond motifs is 1. The lowest BCUT2D eigenvalue weighted by Crippen LogP contribution is -2.50. The van der Waals surface area contributed by atoms with E-state index in [2.05, 4.69) is 11.8 Å². The fourth-order valence-corrected chi connectivity index (χ4v) is 3.10. The van der Waals surface area contributed by atoms with Crippen molar-refractivity contribution in [1.29, 1.82) is 5.41 Å². The van der Waals surface area contributed by atoms with Crippen molar-refractivity contribution in [2.24, 2.45) is 5.73 Å². The number of nitrogens with two attached hydrogens (primary N) is 1. The fraction of sp³-hybridized carbons (Fsp3) is 0.600. The number of hydrogen-bond acceptors (Lipinski definition) is 5. The number of nitrogens with zero attached hydrogens (tertiary/aromatic N) is 2. The van der Waals surface area contributed by atoms with E-state index >= 15 is 0 Å². The standard InChI is InChI=1S/C15H22N4O2/c1-9-8-21-11(7-20)6-19(9)15-12(14(16)17)5-10-3-2-4-13(10)18-15/h5,9,11,20H,2-4,6-8H2,1H3,(H3,16,17). The number of nitrogens with one attached hydrogen (secondary N) is 1. The molecule has 2 heterocycles. The molecule has 1 aliphatic carbocycles. The molecule has 2 unspecified atom stereocenters. The molecule has 0 radical (unpaired) electrons. The van der Waals surface area contributed by atoms with E-state index in [0.29, 0.717) is 18.7 Å². The monoisotopic (exact) mass is 290 g/mol. The molecule has 1 aromatic rings. The molecule has 6 heteroatoms. The summed E-state index contributed by atoms with van der Waals surface area (Å²) < 4.78 is 5.58. The van der Waals surface area contributed by atoms with Crippen molar-refractivity contribution in [1.82, 2.24) is 4.98 Å². The van der Waals surface area contributed by atoms with Crippen LogP contribution in [0.25, 0.3) is 0 Å². The number of nitrogen functional groups attached to an aromatic ring is 1. The van der Waals surface area contributed by atoms with Crippen LogP contribution in [0.2, 0.25) is 0 Å². The van der Waals surface area contributed by atoms with Crippen LogP contribution in [0.4, 0.5) is 5.82 Å². The number of hydrogen-bond donors (Lipinski definition) is 3. The van der Waals surface area contributed by atoms with Gasteiger partial charge in [-0.25, -0.2) is 4.98 Å². The van der Waals surface area contributed by atoms with E-state index in [-0.39, 0.29) is 24.6 Å². The number of morpholine rings is 1. The summed E-state index contributed by atoms with van der Waals surface area (Å²) in [5.41, 5.74) is 8.79. The van der Waals surface area contributed by atoms with E-state index in [1.165, 1.54) is 5.56 Å². The second kappa shape index (κ2) is 5.61. The molecule has 1 aliphatic heterocycles. The Labute approximate surface area is 124 Å². The van der Waals surface area contributed by atoms with Crippen molar-refractivity contribution in [3.05, 3.63) is 22.9 Å². The molecule has 2 atom stereocenters. The molecular formula is C15H22N4O2. The Morgan fingerprint density at radius 2 is 2.38 bits per heavy atom. The third-order valence-electron chi connectivity index (χ3n) is 4.30. The topological polar surface area (TPSA) is 95.5 Å². The average molecular weight is 290 g/mol. The van der Waals surface area contributed by atoms with Crippen molar-refractivity contribution < 1.29 is 9.84 Å². The van der Waals surface area contributed by atoms with Gasteiger partial charge in [-0.05, 0) is 37.8 Å². The highest BCUT2D eigenvalue weighted by molar-refractivity contribution is 6.00. The summed E-state index contributed by atoms with van der Waals surface area (Å²) in [5.74, 6) is 0.809. The number of ether oxygens (including phenoxy) is 1.